The highest BCUT2D eigenvalue weighted by Gasteiger charge is 2.33. The molecule has 0 bridgehead atoms. The third-order valence-corrected chi connectivity index (χ3v) is 3.31. The van der Waals surface area contributed by atoms with E-state index in [1.54, 1.807) is 0 Å². The van der Waals surface area contributed by atoms with Gasteiger partial charge in [0.15, 0.2) is 0 Å². The lowest BCUT2D eigenvalue weighted by Crippen LogP contribution is -2.50. The topological polar surface area (TPSA) is 107 Å². The predicted molar refractivity (Wildman–Crippen MR) is 75.8 cm³/mol. The Balaban J connectivity index is 4.15. The molecule has 0 aliphatic heterocycles. The summed E-state index contributed by atoms with van der Waals surface area (Å²) in [7, 11) is 0.626. The van der Waals surface area contributed by atoms with Crippen LogP contribution in [0.15, 0.2) is 0 Å². The zero-order valence-electron chi connectivity index (χ0n) is 12.0. The molecule has 0 aliphatic rings. The lowest BCUT2D eigenvalue weighted by atomic mass is 9.81. The number of carboxylic acid groups (broad SMARTS) is 1. The second kappa shape index (κ2) is 9.31. The molecule has 1 atom stereocenters. The first kappa shape index (κ1) is 18.4. The fraction of sp³-hybridized carbons (Fsp3) is 0.917. The highest BCUT2D eigenvalue weighted by Crippen LogP contribution is 2.18. The van der Waals surface area contributed by atoms with Crippen molar-refractivity contribution < 1.29 is 19.9 Å². The molecule has 0 aliphatic carbocycles. The van der Waals surface area contributed by atoms with Gasteiger partial charge in [0.05, 0.1) is 0 Å². The summed E-state index contributed by atoms with van der Waals surface area (Å²) in [6.45, 7) is 3.65. The summed E-state index contributed by atoms with van der Waals surface area (Å²) in [5, 5.41) is 26.7. The molecule has 0 amide bonds. The molecular weight excluding hydrogens is 247 g/mol. The molecule has 6 nitrogen and oxygen atoms in total. The molecule has 19 heavy (non-hydrogen) atoms. The minimum Gasteiger partial charge on any atom is -0.480 e. The Morgan fingerprint density at radius 1 is 1.26 bits per heavy atom. The number of aliphatic carboxylic acids is 1. The van der Waals surface area contributed by atoms with Crippen molar-refractivity contribution in [2.45, 2.75) is 50.9 Å². The van der Waals surface area contributed by atoms with Gasteiger partial charge in [-0.2, -0.15) is 0 Å². The van der Waals surface area contributed by atoms with Crippen LogP contribution in [0.5, 0.6) is 0 Å². The first-order chi connectivity index (χ1) is 8.81. The van der Waals surface area contributed by atoms with Crippen molar-refractivity contribution in [1.82, 2.24) is 4.90 Å². The quantitative estimate of drug-likeness (QED) is 0.315. The summed E-state index contributed by atoms with van der Waals surface area (Å²) >= 11 is 0. The second-order valence-electron chi connectivity index (χ2n) is 5.24. The van der Waals surface area contributed by atoms with Crippen LogP contribution in [0.4, 0.5) is 0 Å². The first-order valence-corrected chi connectivity index (χ1v) is 6.88. The molecule has 0 saturated carbocycles. The van der Waals surface area contributed by atoms with Gasteiger partial charge < -0.3 is 25.8 Å². The standard InChI is InChI=1S/C12H27BN2O4/c1-3-9-15(2)10-7-12(14,11(16)17)6-4-5-8-13(18)19/h18-19H,3-10,14H2,1-2H3,(H,16,17)/t12-/m1/s1. The molecule has 0 spiro atoms. The maximum atomic E-state index is 11.3. The SMILES string of the molecule is CCCN(C)CC[C@](N)(CCCCB(O)O)C(=O)O. The van der Waals surface area contributed by atoms with Gasteiger partial charge in [0.1, 0.15) is 5.54 Å². The van der Waals surface area contributed by atoms with Crippen LogP contribution in [0.1, 0.15) is 39.0 Å². The van der Waals surface area contributed by atoms with E-state index in [9.17, 15) is 9.90 Å². The highest BCUT2D eigenvalue weighted by atomic mass is 16.4. The summed E-state index contributed by atoms with van der Waals surface area (Å²) in [5.41, 5.74) is 4.73. The molecule has 5 N–H and O–H groups in total. The zero-order chi connectivity index (χ0) is 14.9. The average Bonchev–Trinajstić information content (AvgIpc) is 2.32. The molecule has 0 aromatic heterocycles. The Labute approximate surface area is 115 Å². The smallest absolute Gasteiger partial charge is 0.451 e. The molecule has 0 aromatic carbocycles. The third kappa shape index (κ3) is 8.20. The number of hydrogen-bond donors (Lipinski definition) is 4. The summed E-state index contributed by atoms with van der Waals surface area (Å²) in [6, 6.07) is 0. The van der Waals surface area contributed by atoms with Gasteiger partial charge in [-0.25, -0.2) is 0 Å². The van der Waals surface area contributed by atoms with Crippen molar-refractivity contribution in [2.75, 3.05) is 20.1 Å². The van der Waals surface area contributed by atoms with Crippen LogP contribution in [0.25, 0.3) is 0 Å². The maximum Gasteiger partial charge on any atom is 0.451 e. The monoisotopic (exact) mass is 274 g/mol. The van der Waals surface area contributed by atoms with Gasteiger partial charge in [0, 0.05) is 6.54 Å². The van der Waals surface area contributed by atoms with Crippen LogP contribution >= 0.6 is 0 Å². The Morgan fingerprint density at radius 2 is 1.89 bits per heavy atom. The minimum atomic E-state index is -1.33. The van der Waals surface area contributed by atoms with Crippen LogP contribution in [-0.2, 0) is 4.79 Å². The molecular formula is C12H27BN2O4. The molecule has 0 unspecified atom stereocenters. The fourth-order valence-electron chi connectivity index (χ4n) is 1.99. The van der Waals surface area contributed by atoms with Crippen LogP contribution < -0.4 is 5.73 Å². The van der Waals surface area contributed by atoms with Crippen LogP contribution in [0.3, 0.4) is 0 Å². The molecule has 112 valence electrons. The summed E-state index contributed by atoms with van der Waals surface area (Å²) in [5.74, 6) is -0.984. The van der Waals surface area contributed by atoms with Crippen LogP contribution in [0, 0.1) is 0 Å². The van der Waals surface area contributed by atoms with E-state index in [4.69, 9.17) is 15.8 Å². The Bertz CT molecular complexity index is 266. The van der Waals surface area contributed by atoms with E-state index in [0.29, 0.717) is 32.2 Å². The van der Waals surface area contributed by atoms with Gasteiger partial charge in [0.25, 0.3) is 0 Å². The Morgan fingerprint density at radius 3 is 2.37 bits per heavy atom. The lowest BCUT2D eigenvalue weighted by molar-refractivity contribution is -0.144. The van der Waals surface area contributed by atoms with Gasteiger partial charge in [-0.05, 0) is 39.2 Å². The number of rotatable bonds is 11. The number of hydrogen-bond acceptors (Lipinski definition) is 5. The van der Waals surface area contributed by atoms with Crippen molar-refractivity contribution >= 4 is 13.1 Å². The van der Waals surface area contributed by atoms with Crippen molar-refractivity contribution in [3.63, 3.8) is 0 Å². The van der Waals surface area contributed by atoms with Crippen molar-refractivity contribution in [3.05, 3.63) is 0 Å². The molecule has 0 heterocycles. The van der Waals surface area contributed by atoms with E-state index in [0.717, 1.165) is 13.0 Å². The van der Waals surface area contributed by atoms with Gasteiger partial charge in [-0.3, -0.25) is 4.79 Å². The number of carbonyl (C=O) groups is 1. The summed E-state index contributed by atoms with van der Waals surface area (Å²) < 4.78 is 0. The second-order valence-corrected chi connectivity index (χ2v) is 5.24. The van der Waals surface area contributed by atoms with Crippen LogP contribution in [0.2, 0.25) is 6.32 Å². The molecule has 7 heteroatoms. The molecule has 0 rings (SSSR count). The third-order valence-electron chi connectivity index (χ3n) is 3.31. The minimum absolute atomic E-state index is 0.255. The number of nitrogens with two attached hydrogens (primary N) is 1. The van der Waals surface area contributed by atoms with Gasteiger partial charge >= 0.3 is 13.1 Å². The highest BCUT2D eigenvalue weighted by molar-refractivity contribution is 6.40. The number of nitrogens with zero attached hydrogens (tertiary/aromatic N) is 1. The van der Waals surface area contributed by atoms with E-state index < -0.39 is 18.6 Å². The van der Waals surface area contributed by atoms with E-state index in [-0.39, 0.29) is 6.32 Å². The molecule has 0 saturated heterocycles. The van der Waals surface area contributed by atoms with Crippen molar-refractivity contribution in [2.24, 2.45) is 5.73 Å². The fourth-order valence-corrected chi connectivity index (χ4v) is 1.99. The van der Waals surface area contributed by atoms with E-state index in [1.165, 1.54) is 0 Å². The maximum absolute atomic E-state index is 11.3. The van der Waals surface area contributed by atoms with Crippen molar-refractivity contribution in [3.8, 4) is 0 Å². The average molecular weight is 274 g/mol. The Kier molecular flexibility index (Phi) is 9.00. The molecule has 0 aromatic rings. The predicted octanol–water partition coefficient (Wildman–Crippen LogP) is 0.144. The van der Waals surface area contributed by atoms with Crippen molar-refractivity contribution in [1.29, 1.82) is 0 Å². The Hall–Kier alpha value is -0.625. The summed E-state index contributed by atoms with van der Waals surface area (Å²) in [4.78, 5) is 13.3. The van der Waals surface area contributed by atoms with E-state index in [2.05, 4.69) is 11.8 Å². The van der Waals surface area contributed by atoms with Gasteiger partial charge in [-0.15, -0.1) is 0 Å². The number of unbranched alkanes of at least 4 members (excludes halogenated alkanes) is 1. The van der Waals surface area contributed by atoms with Crippen LogP contribution in [-0.4, -0.2) is 58.8 Å². The van der Waals surface area contributed by atoms with E-state index in [1.807, 2.05) is 7.05 Å². The molecule has 0 fully saturated rings. The number of carboxylic acids is 1. The van der Waals surface area contributed by atoms with E-state index >= 15 is 0 Å². The largest absolute Gasteiger partial charge is 0.480 e. The van der Waals surface area contributed by atoms with Gasteiger partial charge in [-0.1, -0.05) is 19.8 Å². The molecule has 0 radical (unpaired) electrons. The first-order valence-electron chi connectivity index (χ1n) is 6.88. The summed E-state index contributed by atoms with van der Waals surface area (Å²) in [6.07, 6.45) is 3.18. The lowest BCUT2D eigenvalue weighted by Gasteiger charge is -2.27. The zero-order valence-corrected chi connectivity index (χ0v) is 12.0. The normalized spacial score (nSPS) is 14.4. The van der Waals surface area contributed by atoms with Gasteiger partial charge in [0.2, 0.25) is 0 Å².